The molecule has 8 heteroatoms. The van der Waals surface area contributed by atoms with Crippen molar-refractivity contribution >= 4 is 34.0 Å². The van der Waals surface area contributed by atoms with Crippen molar-refractivity contribution in [2.24, 2.45) is 0 Å². The number of nitrogens with zero attached hydrogens (tertiary/aromatic N) is 3. The van der Waals surface area contributed by atoms with E-state index in [0.29, 0.717) is 23.8 Å². The molecular weight excluding hydrogens is 487 g/mol. The molecule has 4 aromatic rings. The molecule has 0 radical (unpaired) electrons. The number of carbonyl (C=O) groups is 2. The van der Waals surface area contributed by atoms with E-state index in [1.807, 2.05) is 23.6 Å². The normalized spacial score (nSPS) is 14.8. The lowest BCUT2D eigenvalue weighted by atomic mass is 10.00. The van der Waals surface area contributed by atoms with Crippen LogP contribution in [-0.4, -0.2) is 41.3 Å². The fraction of sp³-hybridized carbons (Fsp3) is 0.207. The minimum absolute atomic E-state index is 0.0656. The van der Waals surface area contributed by atoms with Gasteiger partial charge < -0.3 is 10.2 Å². The first-order valence-electron chi connectivity index (χ1n) is 12.3. The van der Waals surface area contributed by atoms with Crippen molar-refractivity contribution in [3.05, 3.63) is 100 Å². The number of anilines is 2. The first-order valence-corrected chi connectivity index (χ1v) is 13.2. The summed E-state index contributed by atoms with van der Waals surface area (Å²) in [6.07, 6.45) is 1.69. The van der Waals surface area contributed by atoms with Crippen LogP contribution in [0.2, 0.25) is 0 Å². The predicted molar refractivity (Wildman–Crippen MR) is 143 cm³/mol. The summed E-state index contributed by atoms with van der Waals surface area (Å²) in [4.78, 5) is 34.1. The van der Waals surface area contributed by atoms with Crippen LogP contribution in [0.4, 0.5) is 15.2 Å². The molecule has 0 saturated heterocycles. The Morgan fingerprint density at radius 1 is 0.946 bits per heavy atom. The molecule has 0 aliphatic carbocycles. The second-order valence-electron chi connectivity index (χ2n) is 9.37. The van der Waals surface area contributed by atoms with Crippen molar-refractivity contribution in [2.75, 3.05) is 29.9 Å². The van der Waals surface area contributed by atoms with Crippen LogP contribution in [-0.2, 0) is 24.2 Å². The van der Waals surface area contributed by atoms with Gasteiger partial charge in [-0.05, 0) is 65.9 Å². The van der Waals surface area contributed by atoms with E-state index in [4.69, 9.17) is 0 Å². The van der Waals surface area contributed by atoms with Crippen molar-refractivity contribution in [1.82, 2.24) is 9.88 Å². The molecule has 2 amide bonds. The van der Waals surface area contributed by atoms with Crippen LogP contribution in [0, 0.1) is 5.82 Å². The number of fused-ring (bicyclic) bond motifs is 2. The van der Waals surface area contributed by atoms with Gasteiger partial charge in [0.2, 0.25) is 5.91 Å². The van der Waals surface area contributed by atoms with Crippen LogP contribution in [0.1, 0.15) is 27.0 Å². The molecule has 3 aromatic carbocycles. The van der Waals surface area contributed by atoms with E-state index in [1.54, 1.807) is 4.90 Å². The summed E-state index contributed by atoms with van der Waals surface area (Å²) in [7, 11) is 0. The average molecular weight is 513 g/mol. The number of hydrogen-bond donors (Lipinski definition) is 1. The van der Waals surface area contributed by atoms with Crippen molar-refractivity contribution in [2.45, 2.75) is 19.4 Å². The Hall–Kier alpha value is -3.88. The molecule has 186 valence electrons. The molecule has 2 aliphatic heterocycles. The number of hydrogen-bond acceptors (Lipinski definition) is 5. The molecule has 0 bridgehead atoms. The first kappa shape index (κ1) is 23.5. The molecule has 0 saturated carbocycles. The summed E-state index contributed by atoms with van der Waals surface area (Å²) in [5, 5.41) is 5.46. The summed E-state index contributed by atoms with van der Waals surface area (Å²) in [5.41, 5.74) is 6.78. The number of carbonyl (C=O) groups excluding carboxylic acids is 2. The van der Waals surface area contributed by atoms with Crippen molar-refractivity contribution in [3.63, 3.8) is 0 Å². The largest absolute Gasteiger partial charge is 0.308 e. The van der Waals surface area contributed by atoms with Crippen molar-refractivity contribution < 1.29 is 14.0 Å². The van der Waals surface area contributed by atoms with E-state index >= 15 is 0 Å². The smallest absolute Gasteiger partial charge is 0.258 e. The molecule has 6 nitrogen and oxygen atoms in total. The molecular formula is C29H25FN4O2S. The van der Waals surface area contributed by atoms with E-state index in [2.05, 4.69) is 39.5 Å². The number of rotatable bonds is 5. The summed E-state index contributed by atoms with van der Waals surface area (Å²) in [6.45, 7) is 2.56. The minimum atomic E-state index is -0.362. The van der Waals surface area contributed by atoms with Crippen molar-refractivity contribution in [1.29, 1.82) is 0 Å². The van der Waals surface area contributed by atoms with E-state index in [-0.39, 0.29) is 17.6 Å². The number of benzene rings is 3. The Morgan fingerprint density at radius 2 is 1.73 bits per heavy atom. The third-order valence-electron chi connectivity index (χ3n) is 6.93. The van der Waals surface area contributed by atoms with Crippen LogP contribution in [0.15, 0.2) is 72.1 Å². The number of aromatic nitrogens is 1. The zero-order chi connectivity index (χ0) is 25.4. The standard InChI is InChI=1S/C29H25FN4O2S/c30-24-8-5-20(6-9-24)28(36)34-14-12-22-15-21(7-10-26(22)34)25-18-37-29(31-25)32-27(35)17-33-13-11-19-3-1-2-4-23(19)16-33/h1-10,15,18H,11-14,16-17H2,(H,31,32,35). The molecule has 0 atom stereocenters. The zero-order valence-electron chi connectivity index (χ0n) is 20.1. The first-order chi connectivity index (χ1) is 18.0. The zero-order valence-corrected chi connectivity index (χ0v) is 20.9. The third kappa shape index (κ3) is 4.90. The molecule has 0 spiro atoms. The van der Waals surface area contributed by atoms with E-state index < -0.39 is 0 Å². The fourth-order valence-corrected chi connectivity index (χ4v) is 5.77. The number of amides is 2. The van der Waals surface area contributed by atoms with Gasteiger partial charge >= 0.3 is 0 Å². The van der Waals surface area contributed by atoms with Gasteiger partial charge in [0, 0.05) is 41.8 Å². The SMILES string of the molecule is O=C(CN1CCc2ccccc2C1)Nc1nc(-c2ccc3c(c2)CCN3C(=O)c2ccc(F)cc2)cs1. The van der Waals surface area contributed by atoms with Crippen LogP contribution in [0.5, 0.6) is 0 Å². The lowest BCUT2D eigenvalue weighted by molar-refractivity contribution is -0.117. The van der Waals surface area contributed by atoms with Gasteiger partial charge in [-0.15, -0.1) is 11.3 Å². The maximum Gasteiger partial charge on any atom is 0.258 e. The summed E-state index contributed by atoms with van der Waals surface area (Å²) < 4.78 is 13.2. The van der Waals surface area contributed by atoms with Crippen LogP contribution in [0.3, 0.4) is 0 Å². The number of thiazole rings is 1. The topological polar surface area (TPSA) is 65.5 Å². The van der Waals surface area contributed by atoms with E-state index in [1.165, 1.54) is 46.7 Å². The Labute approximate surface area is 218 Å². The van der Waals surface area contributed by atoms with Gasteiger partial charge in [-0.2, -0.15) is 0 Å². The second-order valence-corrected chi connectivity index (χ2v) is 10.2. The Balaban J connectivity index is 1.10. The third-order valence-corrected chi connectivity index (χ3v) is 7.69. The molecule has 0 fully saturated rings. The van der Waals surface area contributed by atoms with Crippen LogP contribution < -0.4 is 10.2 Å². The maximum absolute atomic E-state index is 13.2. The molecule has 2 aliphatic rings. The fourth-order valence-electron chi connectivity index (χ4n) is 5.04. The Kier molecular flexibility index (Phi) is 6.28. The summed E-state index contributed by atoms with van der Waals surface area (Å²) in [6, 6.07) is 20.0. The highest BCUT2D eigenvalue weighted by Crippen LogP contribution is 2.34. The molecule has 1 aromatic heterocycles. The highest BCUT2D eigenvalue weighted by molar-refractivity contribution is 7.14. The Bertz CT molecular complexity index is 1480. The van der Waals surface area contributed by atoms with Gasteiger partial charge in [-0.3, -0.25) is 14.5 Å². The average Bonchev–Trinajstić information content (AvgIpc) is 3.55. The van der Waals surface area contributed by atoms with Gasteiger partial charge in [0.15, 0.2) is 5.13 Å². The van der Waals surface area contributed by atoms with Gasteiger partial charge in [-0.25, -0.2) is 9.37 Å². The molecule has 0 unspecified atom stereocenters. The highest BCUT2D eigenvalue weighted by Gasteiger charge is 2.26. The van der Waals surface area contributed by atoms with E-state index in [9.17, 15) is 14.0 Å². The van der Waals surface area contributed by atoms with Crippen LogP contribution >= 0.6 is 11.3 Å². The maximum atomic E-state index is 13.2. The second kappa shape index (κ2) is 9.88. The molecule has 1 N–H and O–H groups in total. The lowest BCUT2D eigenvalue weighted by Gasteiger charge is -2.27. The molecule has 37 heavy (non-hydrogen) atoms. The quantitative estimate of drug-likeness (QED) is 0.402. The van der Waals surface area contributed by atoms with Gasteiger partial charge in [0.1, 0.15) is 5.82 Å². The monoisotopic (exact) mass is 512 g/mol. The summed E-state index contributed by atoms with van der Waals surface area (Å²) in [5.74, 6) is -0.564. The predicted octanol–water partition coefficient (Wildman–Crippen LogP) is 5.15. The highest BCUT2D eigenvalue weighted by atomic mass is 32.1. The van der Waals surface area contributed by atoms with Crippen LogP contribution in [0.25, 0.3) is 11.3 Å². The lowest BCUT2D eigenvalue weighted by Crippen LogP contribution is -2.37. The molecule has 6 rings (SSSR count). The van der Waals surface area contributed by atoms with Gasteiger partial charge in [0.05, 0.1) is 12.2 Å². The van der Waals surface area contributed by atoms with Crippen molar-refractivity contribution in [3.8, 4) is 11.3 Å². The minimum Gasteiger partial charge on any atom is -0.308 e. The molecule has 3 heterocycles. The Morgan fingerprint density at radius 3 is 2.57 bits per heavy atom. The number of halogens is 1. The van der Waals surface area contributed by atoms with Gasteiger partial charge in [0.25, 0.3) is 5.91 Å². The summed E-state index contributed by atoms with van der Waals surface area (Å²) >= 11 is 1.40. The number of nitrogens with one attached hydrogen (secondary N) is 1. The van der Waals surface area contributed by atoms with Gasteiger partial charge in [-0.1, -0.05) is 30.3 Å². The van der Waals surface area contributed by atoms with E-state index in [0.717, 1.165) is 48.4 Å².